The Morgan fingerprint density at radius 2 is 1.70 bits per heavy atom. The van der Waals surface area contributed by atoms with Gasteiger partial charge in [0.05, 0.1) is 0 Å². The number of halogens is 2. The number of aromatic nitrogens is 2. The Morgan fingerprint density at radius 1 is 1.06 bits per heavy atom. The second kappa shape index (κ2) is 9.38. The first-order valence-corrected chi connectivity index (χ1v) is 11.0. The van der Waals surface area contributed by atoms with Crippen LogP contribution in [-0.4, -0.2) is 15.5 Å². The minimum Gasteiger partial charge on any atom is -0.383 e. The fraction of sp³-hybridized carbons (Fsp3) is 0.0800. The van der Waals surface area contributed by atoms with Gasteiger partial charge in [0.25, 0.3) is 5.91 Å². The lowest BCUT2D eigenvalue weighted by atomic mass is 10.0. The molecule has 0 bridgehead atoms. The molecule has 0 fully saturated rings. The highest BCUT2D eigenvalue weighted by molar-refractivity contribution is 9.10. The average molecular weight is 507 g/mol. The van der Waals surface area contributed by atoms with E-state index < -0.39 is 17.2 Å². The number of aryl methyl sites for hydroxylation is 1. The first-order chi connectivity index (χ1) is 15.9. The standard InChI is InChI=1S/C25H20BrFN4O2/c1-2-31-13-21(16-3-7-18(27)8-4-16)23(32)22(14-31)25(33)30-19-9-5-15(6-10-19)20-11-17(26)12-29-24(20)28/h3-14H,2H2,1H3,(H2,28,29)(H,30,33). The van der Waals surface area contributed by atoms with Crippen molar-refractivity contribution in [3.63, 3.8) is 0 Å². The van der Waals surface area contributed by atoms with Crippen molar-refractivity contribution in [3.8, 4) is 22.3 Å². The van der Waals surface area contributed by atoms with Crippen LogP contribution in [0.3, 0.4) is 0 Å². The number of nitrogens with zero attached hydrogens (tertiary/aromatic N) is 2. The lowest BCUT2D eigenvalue weighted by molar-refractivity contribution is 0.102. The molecule has 0 unspecified atom stereocenters. The second-order valence-corrected chi connectivity index (χ2v) is 8.29. The molecule has 0 aliphatic carbocycles. The van der Waals surface area contributed by atoms with Gasteiger partial charge >= 0.3 is 0 Å². The number of carbonyl (C=O) groups excluding carboxylic acids is 1. The number of nitrogen functional groups attached to an aromatic ring is 1. The maximum Gasteiger partial charge on any atom is 0.261 e. The summed E-state index contributed by atoms with van der Waals surface area (Å²) in [4.78, 5) is 30.2. The summed E-state index contributed by atoms with van der Waals surface area (Å²) in [6.07, 6.45) is 4.81. The highest BCUT2D eigenvalue weighted by atomic mass is 79.9. The quantitative estimate of drug-likeness (QED) is 0.382. The van der Waals surface area contributed by atoms with E-state index in [2.05, 4.69) is 26.2 Å². The van der Waals surface area contributed by atoms with E-state index in [-0.39, 0.29) is 5.56 Å². The Kier molecular flexibility index (Phi) is 6.37. The van der Waals surface area contributed by atoms with Crippen LogP contribution in [0.4, 0.5) is 15.9 Å². The molecule has 0 spiro atoms. The Hall–Kier alpha value is -3.78. The SMILES string of the molecule is CCn1cc(C(=O)Nc2ccc(-c3cc(Br)cnc3N)cc2)c(=O)c(-c2ccc(F)cc2)c1. The molecule has 0 saturated carbocycles. The molecule has 1 amide bonds. The third-order valence-corrected chi connectivity index (χ3v) is 5.62. The molecule has 8 heteroatoms. The summed E-state index contributed by atoms with van der Waals surface area (Å²) in [7, 11) is 0. The fourth-order valence-electron chi connectivity index (χ4n) is 3.42. The van der Waals surface area contributed by atoms with Crippen LogP contribution in [0.25, 0.3) is 22.3 Å². The number of amides is 1. The molecule has 4 rings (SSSR count). The fourth-order valence-corrected chi connectivity index (χ4v) is 3.75. The molecule has 33 heavy (non-hydrogen) atoms. The van der Waals surface area contributed by atoms with Crippen LogP contribution in [0.15, 0.2) is 82.5 Å². The Bertz CT molecular complexity index is 1380. The first kappa shape index (κ1) is 22.4. The summed E-state index contributed by atoms with van der Waals surface area (Å²) < 4.78 is 15.9. The third-order valence-electron chi connectivity index (χ3n) is 5.18. The van der Waals surface area contributed by atoms with Crippen molar-refractivity contribution in [2.75, 3.05) is 11.1 Å². The minimum absolute atomic E-state index is 0.00295. The van der Waals surface area contributed by atoms with E-state index in [0.29, 0.717) is 29.2 Å². The van der Waals surface area contributed by atoms with Gasteiger partial charge in [-0.05, 0) is 64.3 Å². The predicted molar refractivity (Wildman–Crippen MR) is 132 cm³/mol. The van der Waals surface area contributed by atoms with Crippen molar-refractivity contribution in [1.82, 2.24) is 9.55 Å². The van der Waals surface area contributed by atoms with Gasteiger partial charge in [0, 0.05) is 46.4 Å². The number of hydrogen-bond donors (Lipinski definition) is 2. The van der Waals surface area contributed by atoms with Crippen LogP contribution in [0.2, 0.25) is 0 Å². The van der Waals surface area contributed by atoms with Gasteiger partial charge in [-0.1, -0.05) is 24.3 Å². The monoisotopic (exact) mass is 506 g/mol. The number of nitrogens with one attached hydrogen (secondary N) is 1. The van der Waals surface area contributed by atoms with Crippen LogP contribution in [0, 0.1) is 5.82 Å². The van der Waals surface area contributed by atoms with Crippen LogP contribution >= 0.6 is 15.9 Å². The topological polar surface area (TPSA) is 90.0 Å². The van der Waals surface area contributed by atoms with E-state index in [1.54, 1.807) is 29.1 Å². The van der Waals surface area contributed by atoms with Gasteiger partial charge in [0.2, 0.25) is 5.43 Å². The second-order valence-electron chi connectivity index (χ2n) is 7.37. The van der Waals surface area contributed by atoms with E-state index in [4.69, 9.17) is 5.73 Å². The minimum atomic E-state index is -0.525. The number of nitrogens with two attached hydrogens (primary N) is 1. The van der Waals surface area contributed by atoms with Crippen molar-refractivity contribution in [2.45, 2.75) is 13.5 Å². The van der Waals surface area contributed by atoms with Gasteiger partial charge in [-0.15, -0.1) is 0 Å². The molecule has 0 aliphatic heterocycles. The van der Waals surface area contributed by atoms with E-state index in [1.807, 2.05) is 25.1 Å². The van der Waals surface area contributed by atoms with Gasteiger partial charge in [0.1, 0.15) is 17.2 Å². The van der Waals surface area contributed by atoms with Gasteiger partial charge in [-0.2, -0.15) is 0 Å². The molecule has 0 atom stereocenters. The van der Waals surface area contributed by atoms with Crippen LogP contribution in [0.5, 0.6) is 0 Å². The highest BCUT2D eigenvalue weighted by Gasteiger charge is 2.16. The van der Waals surface area contributed by atoms with Gasteiger partial charge < -0.3 is 15.6 Å². The lowest BCUT2D eigenvalue weighted by Gasteiger charge is -2.12. The Morgan fingerprint density at radius 3 is 2.36 bits per heavy atom. The van der Waals surface area contributed by atoms with E-state index in [1.165, 1.54) is 30.5 Å². The maximum absolute atomic E-state index is 13.3. The van der Waals surface area contributed by atoms with E-state index in [0.717, 1.165) is 15.6 Å². The summed E-state index contributed by atoms with van der Waals surface area (Å²) in [5, 5.41) is 2.77. The van der Waals surface area contributed by atoms with E-state index >= 15 is 0 Å². The summed E-state index contributed by atoms with van der Waals surface area (Å²) in [6.45, 7) is 2.47. The molecule has 2 heterocycles. The Balaban J connectivity index is 1.63. The zero-order valence-electron chi connectivity index (χ0n) is 17.7. The van der Waals surface area contributed by atoms with Crippen LogP contribution in [0.1, 0.15) is 17.3 Å². The zero-order chi connectivity index (χ0) is 23.5. The average Bonchev–Trinajstić information content (AvgIpc) is 2.82. The normalized spacial score (nSPS) is 10.8. The number of hydrogen-bond acceptors (Lipinski definition) is 4. The van der Waals surface area contributed by atoms with Crippen molar-refractivity contribution in [2.24, 2.45) is 0 Å². The number of anilines is 2. The van der Waals surface area contributed by atoms with Crippen LogP contribution in [-0.2, 0) is 6.54 Å². The molecule has 3 N–H and O–H groups in total. The predicted octanol–water partition coefficient (Wildman–Crippen LogP) is 5.33. The molecular formula is C25H20BrFN4O2. The highest BCUT2D eigenvalue weighted by Crippen LogP contribution is 2.28. The summed E-state index contributed by atoms with van der Waals surface area (Å²) in [5.41, 5.74) is 8.56. The van der Waals surface area contributed by atoms with Crippen LogP contribution < -0.4 is 16.5 Å². The van der Waals surface area contributed by atoms with Crippen molar-refractivity contribution in [3.05, 3.63) is 99.3 Å². The van der Waals surface area contributed by atoms with E-state index in [9.17, 15) is 14.0 Å². The number of rotatable bonds is 5. The molecule has 6 nitrogen and oxygen atoms in total. The number of pyridine rings is 2. The zero-order valence-corrected chi connectivity index (χ0v) is 19.3. The summed E-state index contributed by atoms with van der Waals surface area (Å²) >= 11 is 3.39. The van der Waals surface area contributed by atoms with Gasteiger partial charge in [-0.3, -0.25) is 9.59 Å². The molecule has 166 valence electrons. The Labute approximate surface area is 198 Å². The molecular weight excluding hydrogens is 487 g/mol. The van der Waals surface area contributed by atoms with Crippen molar-refractivity contribution in [1.29, 1.82) is 0 Å². The summed E-state index contributed by atoms with van der Waals surface area (Å²) in [5.74, 6) is -0.525. The lowest BCUT2D eigenvalue weighted by Crippen LogP contribution is -2.24. The molecule has 0 saturated heterocycles. The molecule has 2 aromatic heterocycles. The van der Waals surface area contributed by atoms with Crippen molar-refractivity contribution < 1.29 is 9.18 Å². The number of carbonyl (C=O) groups is 1. The first-order valence-electron chi connectivity index (χ1n) is 10.2. The largest absolute Gasteiger partial charge is 0.383 e. The van der Waals surface area contributed by atoms with Gasteiger partial charge in [-0.25, -0.2) is 9.37 Å². The molecule has 2 aromatic carbocycles. The molecule has 4 aromatic rings. The smallest absolute Gasteiger partial charge is 0.261 e. The number of benzene rings is 2. The van der Waals surface area contributed by atoms with Gasteiger partial charge in [0.15, 0.2) is 0 Å². The summed E-state index contributed by atoms with van der Waals surface area (Å²) in [6, 6.07) is 14.6. The van der Waals surface area contributed by atoms with Crippen molar-refractivity contribution >= 4 is 33.3 Å². The molecule has 0 aliphatic rings. The molecule has 0 radical (unpaired) electrons. The maximum atomic E-state index is 13.3. The third kappa shape index (κ3) is 4.85.